The van der Waals surface area contributed by atoms with Gasteiger partial charge >= 0.3 is 0 Å². The Hall–Kier alpha value is -3.86. The first kappa shape index (κ1) is 34.5. The van der Waals surface area contributed by atoms with E-state index in [0.717, 1.165) is 45.6 Å². The van der Waals surface area contributed by atoms with E-state index in [1.165, 1.54) is 30.2 Å². The summed E-state index contributed by atoms with van der Waals surface area (Å²) in [7, 11) is -2.78. The van der Waals surface area contributed by atoms with Crippen molar-refractivity contribution < 1.29 is 22.7 Å². The SMILES string of the molecule is COc1ccc(N(CC(=O)N(Cc2cccc(Br)c2)[C@@H](Cc2ccccc2)C(=O)NC2CCCC2)S(=O)(=O)c2ccccc2)cc1Cl. The van der Waals surface area contributed by atoms with Gasteiger partial charge in [-0.2, -0.15) is 0 Å². The van der Waals surface area contributed by atoms with Crippen LogP contribution in [0.25, 0.3) is 0 Å². The number of nitrogens with zero attached hydrogens (tertiary/aromatic N) is 2. The Bertz CT molecular complexity index is 1790. The van der Waals surface area contributed by atoms with Crippen molar-refractivity contribution in [3.8, 4) is 5.75 Å². The van der Waals surface area contributed by atoms with Gasteiger partial charge in [0.1, 0.15) is 18.3 Å². The average Bonchev–Trinajstić information content (AvgIpc) is 3.59. The number of hydrogen-bond donors (Lipinski definition) is 1. The molecule has 11 heteroatoms. The summed E-state index contributed by atoms with van der Waals surface area (Å²) < 4.78 is 35.5. The molecule has 0 heterocycles. The van der Waals surface area contributed by atoms with E-state index in [1.807, 2.05) is 54.6 Å². The van der Waals surface area contributed by atoms with Crippen LogP contribution in [0.4, 0.5) is 5.69 Å². The second-order valence-electron chi connectivity index (χ2n) is 11.5. The third-order valence-corrected chi connectivity index (χ3v) is 10.8. The number of carbonyl (C=O) groups excluding carboxylic acids is 2. The Labute approximate surface area is 289 Å². The summed E-state index contributed by atoms with van der Waals surface area (Å²) in [4.78, 5) is 30.3. The minimum absolute atomic E-state index is 0.0121. The van der Waals surface area contributed by atoms with Crippen LogP contribution < -0.4 is 14.4 Å². The van der Waals surface area contributed by atoms with Crippen LogP contribution in [0.5, 0.6) is 5.75 Å². The van der Waals surface area contributed by atoms with Gasteiger partial charge < -0.3 is 15.0 Å². The fourth-order valence-electron chi connectivity index (χ4n) is 5.81. The molecule has 4 aromatic carbocycles. The molecule has 0 aliphatic heterocycles. The molecular formula is C36H37BrClN3O5S. The van der Waals surface area contributed by atoms with E-state index in [-0.39, 0.29) is 40.5 Å². The maximum Gasteiger partial charge on any atom is 0.264 e. The van der Waals surface area contributed by atoms with E-state index in [1.54, 1.807) is 30.3 Å². The lowest BCUT2D eigenvalue weighted by molar-refractivity contribution is -0.140. The zero-order valence-electron chi connectivity index (χ0n) is 26.0. The molecule has 5 rings (SSSR count). The molecule has 0 aromatic heterocycles. The Balaban J connectivity index is 1.58. The molecule has 4 aromatic rings. The predicted octanol–water partition coefficient (Wildman–Crippen LogP) is 7.01. The number of ether oxygens (including phenoxy) is 1. The third kappa shape index (κ3) is 8.74. The van der Waals surface area contributed by atoms with Gasteiger partial charge in [0.15, 0.2) is 0 Å². The number of sulfonamides is 1. The number of hydrogen-bond acceptors (Lipinski definition) is 5. The van der Waals surface area contributed by atoms with Crippen LogP contribution >= 0.6 is 27.5 Å². The van der Waals surface area contributed by atoms with Crippen molar-refractivity contribution in [1.29, 1.82) is 0 Å². The zero-order chi connectivity index (χ0) is 33.4. The summed E-state index contributed by atoms with van der Waals surface area (Å²) in [5.74, 6) is -0.449. The molecule has 1 fully saturated rings. The van der Waals surface area contributed by atoms with Gasteiger partial charge in [0.2, 0.25) is 11.8 Å². The predicted molar refractivity (Wildman–Crippen MR) is 188 cm³/mol. The molecule has 0 radical (unpaired) electrons. The third-order valence-electron chi connectivity index (χ3n) is 8.25. The maximum absolute atomic E-state index is 14.6. The van der Waals surface area contributed by atoms with Gasteiger partial charge in [-0.1, -0.05) is 101 Å². The minimum atomic E-state index is -4.24. The van der Waals surface area contributed by atoms with Gasteiger partial charge in [-0.25, -0.2) is 8.42 Å². The molecule has 1 N–H and O–H groups in total. The highest BCUT2D eigenvalue weighted by molar-refractivity contribution is 9.10. The van der Waals surface area contributed by atoms with Crippen molar-refractivity contribution in [3.05, 3.63) is 124 Å². The number of carbonyl (C=O) groups is 2. The Morgan fingerprint density at radius 1 is 0.915 bits per heavy atom. The van der Waals surface area contributed by atoms with E-state index < -0.39 is 28.5 Å². The molecule has 1 saturated carbocycles. The molecule has 0 spiro atoms. The van der Waals surface area contributed by atoms with Crippen molar-refractivity contribution in [2.75, 3.05) is 18.0 Å². The summed E-state index contributed by atoms with van der Waals surface area (Å²) in [5.41, 5.74) is 1.84. The lowest BCUT2D eigenvalue weighted by Crippen LogP contribution is -2.54. The number of rotatable bonds is 13. The van der Waals surface area contributed by atoms with Crippen LogP contribution in [0.15, 0.2) is 112 Å². The van der Waals surface area contributed by atoms with Crippen LogP contribution in [-0.4, -0.2) is 50.9 Å². The highest BCUT2D eigenvalue weighted by Gasteiger charge is 2.35. The molecule has 1 atom stereocenters. The van der Waals surface area contributed by atoms with Crippen LogP contribution in [0.1, 0.15) is 36.8 Å². The summed E-state index contributed by atoms with van der Waals surface area (Å²) in [6.07, 6.45) is 4.08. The first-order valence-corrected chi connectivity index (χ1v) is 18.1. The number of amides is 2. The van der Waals surface area contributed by atoms with Gasteiger partial charge in [-0.3, -0.25) is 13.9 Å². The Morgan fingerprint density at radius 3 is 2.21 bits per heavy atom. The summed E-state index contributed by atoms with van der Waals surface area (Å²) in [5, 5.41) is 3.38. The number of nitrogens with one attached hydrogen (secondary N) is 1. The second kappa shape index (κ2) is 15.8. The topological polar surface area (TPSA) is 96.0 Å². The molecule has 1 aliphatic carbocycles. The quantitative estimate of drug-likeness (QED) is 0.159. The number of methoxy groups -OCH3 is 1. The Morgan fingerprint density at radius 2 is 1.57 bits per heavy atom. The molecule has 0 bridgehead atoms. The van der Waals surface area contributed by atoms with Crippen LogP contribution in [0.3, 0.4) is 0 Å². The first-order valence-electron chi connectivity index (χ1n) is 15.5. The van der Waals surface area contributed by atoms with Crippen LogP contribution in [0.2, 0.25) is 5.02 Å². The first-order chi connectivity index (χ1) is 22.7. The molecule has 47 heavy (non-hydrogen) atoms. The van der Waals surface area contributed by atoms with Crippen LogP contribution in [0, 0.1) is 0 Å². The molecule has 246 valence electrons. The van der Waals surface area contributed by atoms with Crippen LogP contribution in [-0.2, 0) is 32.6 Å². The normalized spacial score (nSPS) is 13.9. The molecule has 2 amide bonds. The van der Waals surface area contributed by atoms with Gasteiger partial charge in [0.25, 0.3) is 10.0 Å². The number of halogens is 2. The van der Waals surface area contributed by atoms with E-state index >= 15 is 0 Å². The van der Waals surface area contributed by atoms with E-state index in [2.05, 4.69) is 21.2 Å². The standard InChI is InChI=1S/C36H37BrClN3O5S/c1-46-34-20-19-30(23-32(34)38)41(47(44,45)31-17-6-3-7-18-31)25-35(42)40(24-27-13-10-14-28(37)21-27)33(22-26-11-4-2-5-12-26)36(43)39-29-15-8-9-16-29/h2-7,10-14,17-21,23,29,33H,8-9,15-16,22,24-25H2,1H3,(H,39,43)/t33-/m0/s1. The summed E-state index contributed by atoms with van der Waals surface area (Å²) >= 11 is 9.97. The molecule has 1 aliphatic rings. The molecule has 8 nitrogen and oxygen atoms in total. The minimum Gasteiger partial charge on any atom is -0.495 e. The van der Waals surface area contributed by atoms with Crippen molar-refractivity contribution in [2.24, 2.45) is 0 Å². The van der Waals surface area contributed by atoms with Crippen molar-refractivity contribution >= 4 is 55.1 Å². The largest absolute Gasteiger partial charge is 0.495 e. The average molecular weight is 739 g/mol. The van der Waals surface area contributed by atoms with E-state index in [9.17, 15) is 18.0 Å². The summed E-state index contributed by atoms with van der Waals surface area (Å²) in [6.45, 7) is -0.494. The highest BCUT2D eigenvalue weighted by Crippen LogP contribution is 2.32. The van der Waals surface area contributed by atoms with E-state index in [4.69, 9.17) is 16.3 Å². The molecule has 0 saturated heterocycles. The fourth-order valence-corrected chi connectivity index (χ4v) is 7.94. The molecule has 0 unspecified atom stereocenters. The number of benzene rings is 4. The fraction of sp³-hybridized carbons (Fsp3) is 0.278. The van der Waals surface area contributed by atoms with Gasteiger partial charge in [0, 0.05) is 23.5 Å². The van der Waals surface area contributed by atoms with E-state index in [0.29, 0.717) is 5.75 Å². The van der Waals surface area contributed by atoms with Crippen molar-refractivity contribution in [1.82, 2.24) is 10.2 Å². The monoisotopic (exact) mass is 737 g/mol. The highest BCUT2D eigenvalue weighted by atomic mass is 79.9. The maximum atomic E-state index is 14.6. The van der Waals surface area contributed by atoms with Gasteiger partial charge in [0.05, 0.1) is 22.7 Å². The lowest BCUT2D eigenvalue weighted by Gasteiger charge is -2.34. The zero-order valence-corrected chi connectivity index (χ0v) is 29.2. The van der Waals surface area contributed by atoms with Crippen molar-refractivity contribution in [2.45, 2.75) is 55.6 Å². The second-order valence-corrected chi connectivity index (χ2v) is 14.7. The van der Waals surface area contributed by atoms with Crippen molar-refractivity contribution in [3.63, 3.8) is 0 Å². The number of anilines is 1. The van der Waals surface area contributed by atoms with Gasteiger partial charge in [-0.15, -0.1) is 0 Å². The smallest absolute Gasteiger partial charge is 0.264 e. The Kier molecular flexibility index (Phi) is 11.6. The molecular weight excluding hydrogens is 702 g/mol. The van der Waals surface area contributed by atoms with Gasteiger partial charge in [-0.05, 0) is 66.4 Å². The lowest BCUT2D eigenvalue weighted by atomic mass is 10.0. The summed E-state index contributed by atoms with van der Waals surface area (Å²) in [6, 6.07) is 28.6.